The van der Waals surface area contributed by atoms with Gasteiger partial charge in [-0.25, -0.2) is 4.98 Å². The summed E-state index contributed by atoms with van der Waals surface area (Å²) in [6.07, 6.45) is 9.64. The summed E-state index contributed by atoms with van der Waals surface area (Å²) in [5.41, 5.74) is 2.07. The zero-order valence-corrected chi connectivity index (χ0v) is 14.7. The van der Waals surface area contributed by atoms with Gasteiger partial charge in [0, 0.05) is 31.3 Å². The summed E-state index contributed by atoms with van der Waals surface area (Å²) in [4.78, 5) is 15.6. The molecule has 5 nitrogen and oxygen atoms in total. The van der Waals surface area contributed by atoms with E-state index in [1.807, 2.05) is 12.1 Å². The van der Waals surface area contributed by atoms with Gasteiger partial charge in [0.25, 0.3) is 0 Å². The average Bonchev–Trinajstić information content (AvgIpc) is 2.68. The number of fused-ring (bicyclic) bond motifs is 3. The van der Waals surface area contributed by atoms with Crippen LogP contribution in [0.3, 0.4) is 0 Å². The second kappa shape index (κ2) is 6.99. The fraction of sp³-hybridized carbons (Fsp3) is 0.381. The Kier molecular flexibility index (Phi) is 4.54. The predicted molar refractivity (Wildman–Crippen MR) is 100 cm³/mol. The highest BCUT2D eigenvalue weighted by Crippen LogP contribution is 2.35. The Morgan fingerprint density at radius 1 is 1.35 bits per heavy atom. The molecule has 3 saturated heterocycles. The van der Waals surface area contributed by atoms with Crippen LogP contribution in [0.4, 0.5) is 0 Å². The lowest BCUT2D eigenvalue weighted by molar-refractivity contribution is -0.0713. The van der Waals surface area contributed by atoms with Crippen molar-refractivity contribution < 1.29 is 5.11 Å². The highest BCUT2D eigenvalue weighted by molar-refractivity contribution is 5.63. The number of aliphatic hydroxyl groups is 1. The lowest BCUT2D eigenvalue weighted by Gasteiger charge is -2.47. The van der Waals surface area contributed by atoms with Crippen LogP contribution >= 0.6 is 0 Å². The van der Waals surface area contributed by atoms with E-state index in [0.717, 1.165) is 37.2 Å². The van der Waals surface area contributed by atoms with E-state index in [4.69, 9.17) is 0 Å². The molecule has 2 bridgehead atoms. The molecule has 0 saturated carbocycles. The fourth-order valence-electron chi connectivity index (χ4n) is 3.83. The third-order valence-electron chi connectivity index (χ3n) is 5.23. The second-order valence-electron chi connectivity index (χ2n) is 7.01. The molecule has 5 heterocycles. The predicted octanol–water partition coefficient (Wildman–Crippen LogP) is 2.08. The summed E-state index contributed by atoms with van der Waals surface area (Å²) in [6, 6.07) is 3.77. The van der Waals surface area contributed by atoms with Gasteiger partial charge in [-0.05, 0) is 38.1 Å². The molecule has 1 unspecified atom stereocenters. The lowest BCUT2D eigenvalue weighted by Crippen LogP contribution is -2.58. The van der Waals surface area contributed by atoms with Crippen LogP contribution in [0.25, 0.3) is 11.4 Å². The number of allylic oxidation sites excluding steroid dienone is 1. The molecule has 132 valence electrons. The first-order valence-corrected chi connectivity index (χ1v) is 9.03. The van der Waals surface area contributed by atoms with E-state index in [1.54, 1.807) is 24.7 Å². The number of piperidine rings is 3. The summed E-state index contributed by atoms with van der Waals surface area (Å²) in [7, 11) is 0. The first kappa shape index (κ1) is 16.9. The van der Waals surface area contributed by atoms with Gasteiger partial charge in [-0.2, -0.15) is 0 Å². The van der Waals surface area contributed by atoms with Gasteiger partial charge in [0.15, 0.2) is 0 Å². The van der Waals surface area contributed by atoms with Crippen molar-refractivity contribution in [3.05, 3.63) is 54.6 Å². The number of aromatic nitrogens is 3. The van der Waals surface area contributed by atoms with Gasteiger partial charge in [0.05, 0.1) is 17.5 Å². The Bertz CT molecular complexity index is 877. The number of pyridine rings is 1. The molecule has 3 aliphatic rings. The molecule has 3 aliphatic heterocycles. The number of rotatable bonds is 3. The Morgan fingerprint density at radius 2 is 2.19 bits per heavy atom. The van der Waals surface area contributed by atoms with E-state index in [2.05, 4.69) is 38.3 Å². The van der Waals surface area contributed by atoms with Crippen molar-refractivity contribution in [2.24, 2.45) is 5.92 Å². The quantitative estimate of drug-likeness (QED) is 0.681. The van der Waals surface area contributed by atoms with Crippen molar-refractivity contribution in [1.29, 1.82) is 0 Å². The van der Waals surface area contributed by atoms with Crippen molar-refractivity contribution in [2.45, 2.75) is 24.9 Å². The fourth-order valence-corrected chi connectivity index (χ4v) is 3.83. The second-order valence-corrected chi connectivity index (χ2v) is 7.01. The van der Waals surface area contributed by atoms with E-state index < -0.39 is 5.60 Å². The van der Waals surface area contributed by atoms with E-state index in [9.17, 15) is 5.11 Å². The van der Waals surface area contributed by atoms with E-state index >= 15 is 0 Å². The Balaban J connectivity index is 1.67. The summed E-state index contributed by atoms with van der Waals surface area (Å²) in [6.45, 7) is 6.52. The van der Waals surface area contributed by atoms with Crippen LogP contribution in [-0.4, -0.2) is 50.2 Å². The zero-order valence-electron chi connectivity index (χ0n) is 14.7. The van der Waals surface area contributed by atoms with Gasteiger partial charge >= 0.3 is 0 Å². The smallest absolute Gasteiger partial charge is 0.141 e. The zero-order chi connectivity index (χ0) is 18.0. The van der Waals surface area contributed by atoms with E-state index in [0.29, 0.717) is 24.4 Å². The molecule has 5 heteroatoms. The maximum Gasteiger partial charge on any atom is 0.141 e. The van der Waals surface area contributed by atoms with Crippen LogP contribution < -0.4 is 0 Å². The van der Waals surface area contributed by atoms with E-state index in [1.165, 1.54) is 0 Å². The minimum atomic E-state index is -0.931. The Hall–Kier alpha value is -2.55. The van der Waals surface area contributed by atoms with Crippen molar-refractivity contribution >= 4 is 0 Å². The van der Waals surface area contributed by atoms with Gasteiger partial charge < -0.3 is 5.11 Å². The van der Waals surface area contributed by atoms with Crippen molar-refractivity contribution in [2.75, 3.05) is 19.6 Å². The molecule has 2 aromatic heterocycles. The first-order valence-electron chi connectivity index (χ1n) is 9.03. The Morgan fingerprint density at radius 3 is 2.92 bits per heavy atom. The monoisotopic (exact) mass is 346 g/mol. The topological polar surface area (TPSA) is 62.1 Å². The molecule has 0 spiro atoms. The van der Waals surface area contributed by atoms with E-state index in [-0.39, 0.29) is 5.92 Å². The summed E-state index contributed by atoms with van der Waals surface area (Å²) in [5, 5.41) is 11.0. The van der Waals surface area contributed by atoms with Crippen molar-refractivity contribution in [1.82, 2.24) is 19.9 Å². The highest BCUT2D eigenvalue weighted by Gasteiger charge is 2.44. The minimum Gasteiger partial charge on any atom is -0.376 e. The summed E-state index contributed by atoms with van der Waals surface area (Å²) < 4.78 is 0. The molecule has 2 aromatic rings. The first-order chi connectivity index (χ1) is 12.7. The number of nitrogens with zero attached hydrogens (tertiary/aromatic N) is 4. The minimum absolute atomic E-state index is 0.260. The lowest BCUT2D eigenvalue weighted by atomic mass is 9.76. The van der Waals surface area contributed by atoms with Gasteiger partial charge in [-0.15, -0.1) is 6.58 Å². The van der Waals surface area contributed by atoms with Gasteiger partial charge in [-0.3, -0.25) is 14.9 Å². The van der Waals surface area contributed by atoms with Crippen molar-refractivity contribution in [3.8, 4) is 23.2 Å². The third-order valence-corrected chi connectivity index (χ3v) is 5.23. The molecule has 1 N–H and O–H groups in total. The molecular weight excluding hydrogens is 324 g/mol. The SMILES string of the molecule is C=CCc1cncc(-c2ncccc2C#CC2(O)CN3CCC2CC3)n1. The summed E-state index contributed by atoms with van der Waals surface area (Å²) >= 11 is 0. The van der Waals surface area contributed by atoms with Crippen LogP contribution in [0.5, 0.6) is 0 Å². The normalized spacial score (nSPS) is 26.8. The molecule has 0 radical (unpaired) electrons. The number of hydrogen-bond acceptors (Lipinski definition) is 5. The standard InChI is InChI=1S/C21H22N4O/c1-2-4-18-13-22-14-19(24-18)20-16(5-3-10-23-20)6-9-21(26)15-25-11-7-17(21)8-12-25/h2-3,5,10,13-14,17,26H,1,4,7-8,11-12,15H2. The Labute approximate surface area is 153 Å². The molecule has 3 fully saturated rings. The van der Waals surface area contributed by atoms with Crippen molar-refractivity contribution in [3.63, 3.8) is 0 Å². The van der Waals surface area contributed by atoms with Crippen LogP contribution in [0.1, 0.15) is 24.1 Å². The molecule has 0 aliphatic carbocycles. The summed E-state index contributed by atoms with van der Waals surface area (Å²) in [5.74, 6) is 6.60. The molecular formula is C21H22N4O. The largest absolute Gasteiger partial charge is 0.376 e. The van der Waals surface area contributed by atoms with Gasteiger partial charge in [-0.1, -0.05) is 17.9 Å². The maximum atomic E-state index is 11.0. The molecule has 0 aromatic carbocycles. The van der Waals surface area contributed by atoms with Crippen LogP contribution in [0, 0.1) is 17.8 Å². The van der Waals surface area contributed by atoms with Gasteiger partial charge in [0.2, 0.25) is 0 Å². The molecule has 5 rings (SSSR count). The highest BCUT2D eigenvalue weighted by atomic mass is 16.3. The maximum absolute atomic E-state index is 11.0. The molecule has 0 amide bonds. The van der Waals surface area contributed by atoms with Crippen LogP contribution in [0.15, 0.2) is 43.4 Å². The number of hydrogen-bond donors (Lipinski definition) is 1. The van der Waals surface area contributed by atoms with Gasteiger partial charge in [0.1, 0.15) is 17.0 Å². The average molecular weight is 346 g/mol. The van der Waals surface area contributed by atoms with Crippen LogP contribution in [-0.2, 0) is 6.42 Å². The molecule has 26 heavy (non-hydrogen) atoms. The molecule has 1 atom stereocenters. The third kappa shape index (κ3) is 3.26. The van der Waals surface area contributed by atoms with Crippen LogP contribution in [0.2, 0.25) is 0 Å².